The molecule has 0 aromatic carbocycles. The second-order valence-electron chi connectivity index (χ2n) is 5.63. The fourth-order valence-electron chi connectivity index (χ4n) is 2.50. The standard InChI is InChI=1S/C14H23N5O6/c15-6-11(21)17-7-12(22)19-5-1-2-9(19)13(23)18-8(14(24)25)3-4-10(16)20/h8-9H,1-7,15H2,(H2,16,20)(H,17,21)(H,18,23)(H,24,25). The maximum Gasteiger partial charge on any atom is 0.326 e. The Morgan fingerprint density at radius 2 is 1.92 bits per heavy atom. The fraction of sp³-hybridized carbons (Fsp3) is 0.643. The molecule has 1 rings (SSSR count). The van der Waals surface area contributed by atoms with Crippen molar-refractivity contribution in [3.8, 4) is 0 Å². The first-order valence-electron chi connectivity index (χ1n) is 7.84. The Kier molecular flexibility index (Phi) is 7.79. The lowest BCUT2D eigenvalue weighted by Gasteiger charge is -2.25. The summed E-state index contributed by atoms with van der Waals surface area (Å²) in [5.74, 6) is -3.53. The molecule has 140 valence electrons. The summed E-state index contributed by atoms with van der Waals surface area (Å²) in [5.41, 5.74) is 10.1. The lowest BCUT2D eigenvalue weighted by molar-refractivity contribution is -0.144. The number of nitrogens with one attached hydrogen (secondary N) is 2. The second-order valence-corrected chi connectivity index (χ2v) is 5.63. The zero-order valence-electron chi connectivity index (χ0n) is 13.7. The third kappa shape index (κ3) is 6.37. The van der Waals surface area contributed by atoms with E-state index in [2.05, 4.69) is 10.6 Å². The van der Waals surface area contributed by atoms with Crippen LogP contribution in [0.5, 0.6) is 0 Å². The molecule has 1 aliphatic heterocycles. The van der Waals surface area contributed by atoms with Crippen molar-refractivity contribution >= 4 is 29.6 Å². The molecular weight excluding hydrogens is 334 g/mol. The van der Waals surface area contributed by atoms with Crippen molar-refractivity contribution in [1.29, 1.82) is 0 Å². The average Bonchev–Trinajstić information content (AvgIpc) is 3.05. The highest BCUT2D eigenvalue weighted by molar-refractivity contribution is 5.92. The summed E-state index contributed by atoms with van der Waals surface area (Å²) in [6, 6.07) is -2.09. The normalized spacial score (nSPS) is 17.6. The third-order valence-electron chi connectivity index (χ3n) is 3.79. The van der Waals surface area contributed by atoms with Crippen LogP contribution >= 0.6 is 0 Å². The van der Waals surface area contributed by atoms with Crippen molar-refractivity contribution in [2.45, 2.75) is 37.8 Å². The van der Waals surface area contributed by atoms with E-state index in [1.807, 2.05) is 0 Å². The highest BCUT2D eigenvalue weighted by Gasteiger charge is 2.35. The van der Waals surface area contributed by atoms with Gasteiger partial charge < -0.3 is 32.1 Å². The minimum atomic E-state index is -1.29. The van der Waals surface area contributed by atoms with Crippen molar-refractivity contribution in [3.63, 3.8) is 0 Å². The van der Waals surface area contributed by atoms with Gasteiger partial charge in [-0.25, -0.2) is 4.79 Å². The van der Waals surface area contributed by atoms with E-state index in [0.29, 0.717) is 19.4 Å². The first kappa shape index (κ1) is 20.4. The Hall–Kier alpha value is -2.69. The smallest absolute Gasteiger partial charge is 0.326 e. The average molecular weight is 357 g/mol. The Morgan fingerprint density at radius 3 is 2.48 bits per heavy atom. The molecule has 1 aliphatic rings. The number of primary amides is 1. The molecule has 11 nitrogen and oxygen atoms in total. The molecule has 25 heavy (non-hydrogen) atoms. The van der Waals surface area contributed by atoms with Crippen molar-refractivity contribution in [3.05, 3.63) is 0 Å². The van der Waals surface area contributed by atoms with Gasteiger partial charge in [-0.05, 0) is 19.3 Å². The molecule has 7 N–H and O–H groups in total. The zero-order chi connectivity index (χ0) is 19.0. The largest absolute Gasteiger partial charge is 0.480 e. The van der Waals surface area contributed by atoms with Gasteiger partial charge in [0.05, 0.1) is 13.1 Å². The van der Waals surface area contributed by atoms with E-state index in [1.165, 1.54) is 4.90 Å². The minimum absolute atomic E-state index is 0.135. The number of likely N-dealkylation sites (tertiary alicyclic amines) is 1. The summed E-state index contributed by atoms with van der Waals surface area (Å²) in [4.78, 5) is 58.8. The van der Waals surface area contributed by atoms with E-state index in [-0.39, 0.29) is 25.9 Å². The van der Waals surface area contributed by atoms with Crippen molar-refractivity contribution in [1.82, 2.24) is 15.5 Å². The van der Waals surface area contributed by atoms with Gasteiger partial charge in [0.1, 0.15) is 12.1 Å². The molecule has 0 aromatic rings. The van der Waals surface area contributed by atoms with E-state index in [1.54, 1.807) is 0 Å². The van der Waals surface area contributed by atoms with Crippen LogP contribution in [0.2, 0.25) is 0 Å². The number of aliphatic carboxylic acids is 1. The van der Waals surface area contributed by atoms with Crippen LogP contribution in [0, 0.1) is 0 Å². The van der Waals surface area contributed by atoms with Gasteiger partial charge in [0.15, 0.2) is 0 Å². The van der Waals surface area contributed by atoms with Crippen LogP contribution in [-0.2, 0) is 24.0 Å². The van der Waals surface area contributed by atoms with Crippen LogP contribution in [-0.4, -0.2) is 71.3 Å². The zero-order valence-corrected chi connectivity index (χ0v) is 13.7. The third-order valence-corrected chi connectivity index (χ3v) is 3.79. The van der Waals surface area contributed by atoms with Gasteiger partial charge in [0.25, 0.3) is 0 Å². The van der Waals surface area contributed by atoms with E-state index >= 15 is 0 Å². The van der Waals surface area contributed by atoms with Crippen molar-refractivity contribution in [2.24, 2.45) is 11.5 Å². The number of amides is 4. The van der Waals surface area contributed by atoms with E-state index in [0.717, 1.165) is 0 Å². The second kappa shape index (κ2) is 9.57. The van der Waals surface area contributed by atoms with Crippen LogP contribution in [0.3, 0.4) is 0 Å². The maximum absolute atomic E-state index is 12.3. The number of hydrogen-bond acceptors (Lipinski definition) is 6. The van der Waals surface area contributed by atoms with Gasteiger partial charge in [0.2, 0.25) is 23.6 Å². The van der Waals surface area contributed by atoms with E-state index in [4.69, 9.17) is 16.6 Å². The lowest BCUT2D eigenvalue weighted by atomic mass is 10.1. The summed E-state index contributed by atoms with van der Waals surface area (Å²) in [6.07, 6.45) is 0.636. The van der Waals surface area contributed by atoms with Crippen LogP contribution in [0.1, 0.15) is 25.7 Å². The molecule has 2 atom stereocenters. The Bertz CT molecular complexity index is 552. The molecule has 1 fully saturated rings. The molecule has 0 saturated carbocycles. The molecule has 1 saturated heterocycles. The highest BCUT2D eigenvalue weighted by Crippen LogP contribution is 2.17. The number of carbonyl (C=O) groups is 5. The van der Waals surface area contributed by atoms with Crippen LogP contribution < -0.4 is 22.1 Å². The maximum atomic E-state index is 12.3. The quantitative estimate of drug-likeness (QED) is 0.289. The summed E-state index contributed by atoms with van der Waals surface area (Å²) < 4.78 is 0. The number of rotatable bonds is 9. The molecule has 4 amide bonds. The number of carboxylic acids is 1. The van der Waals surface area contributed by atoms with Crippen molar-refractivity contribution < 1.29 is 29.1 Å². The van der Waals surface area contributed by atoms with Gasteiger partial charge in [-0.3, -0.25) is 19.2 Å². The summed E-state index contributed by atoms with van der Waals surface area (Å²) in [7, 11) is 0. The molecule has 0 aliphatic carbocycles. The molecule has 1 heterocycles. The molecule has 0 aromatic heterocycles. The summed E-state index contributed by atoms with van der Waals surface area (Å²) in [6.45, 7) is -0.213. The SMILES string of the molecule is NCC(=O)NCC(=O)N1CCCC1C(=O)NC(CCC(N)=O)C(=O)O. The van der Waals surface area contributed by atoms with Crippen LogP contribution in [0.15, 0.2) is 0 Å². The number of carboxylic acid groups (broad SMARTS) is 1. The van der Waals surface area contributed by atoms with E-state index in [9.17, 15) is 24.0 Å². The first-order valence-corrected chi connectivity index (χ1v) is 7.84. The predicted molar refractivity (Wildman–Crippen MR) is 84.8 cm³/mol. The van der Waals surface area contributed by atoms with Crippen LogP contribution in [0.4, 0.5) is 0 Å². The van der Waals surface area contributed by atoms with Gasteiger partial charge >= 0.3 is 5.97 Å². The minimum Gasteiger partial charge on any atom is -0.480 e. The topological polar surface area (TPSA) is 185 Å². The van der Waals surface area contributed by atoms with Gasteiger partial charge in [-0.1, -0.05) is 0 Å². The molecule has 0 spiro atoms. The Labute approximate surface area is 144 Å². The monoisotopic (exact) mass is 357 g/mol. The molecule has 0 bridgehead atoms. The number of hydrogen-bond donors (Lipinski definition) is 5. The highest BCUT2D eigenvalue weighted by atomic mass is 16.4. The predicted octanol–water partition coefficient (Wildman–Crippen LogP) is -3.11. The molecule has 0 radical (unpaired) electrons. The Balaban J connectivity index is 2.65. The number of nitrogens with two attached hydrogens (primary N) is 2. The van der Waals surface area contributed by atoms with Gasteiger partial charge in [0, 0.05) is 13.0 Å². The molecular formula is C14H23N5O6. The van der Waals surface area contributed by atoms with Gasteiger partial charge in [-0.15, -0.1) is 0 Å². The summed E-state index contributed by atoms with van der Waals surface area (Å²) in [5, 5.41) is 13.8. The van der Waals surface area contributed by atoms with Gasteiger partial charge in [-0.2, -0.15) is 0 Å². The fourth-order valence-corrected chi connectivity index (χ4v) is 2.50. The molecule has 2 unspecified atom stereocenters. The Morgan fingerprint density at radius 1 is 1.24 bits per heavy atom. The van der Waals surface area contributed by atoms with Crippen LogP contribution in [0.25, 0.3) is 0 Å². The van der Waals surface area contributed by atoms with E-state index < -0.39 is 41.7 Å². The van der Waals surface area contributed by atoms with Crippen molar-refractivity contribution in [2.75, 3.05) is 19.6 Å². The lowest BCUT2D eigenvalue weighted by Crippen LogP contribution is -2.52. The number of nitrogens with zero attached hydrogens (tertiary/aromatic N) is 1. The number of carbonyl (C=O) groups excluding carboxylic acids is 4. The molecule has 11 heteroatoms. The first-order chi connectivity index (χ1) is 11.8. The summed E-state index contributed by atoms with van der Waals surface area (Å²) >= 11 is 0.